The maximum Gasteiger partial charge on any atom is 0.320 e. The van der Waals surface area contributed by atoms with E-state index in [0.29, 0.717) is 31.9 Å². The number of carbonyl (C=O) groups excluding carboxylic acids is 4. The molecule has 3 heterocycles. The van der Waals surface area contributed by atoms with Crippen LogP contribution in [0, 0.1) is 5.82 Å². The zero-order valence-electron chi connectivity index (χ0n) is 22.3. The Morgan fingerprint density at radius 1 is 0.950 bits per heavy atom. The van der Waals surface area contributed by atoms with Gasteiger partial charge in [0.15, 0.2) is 0 Å². The Hall–Kier alpha value is -4.09. The van der Waals surface area contributed by atoms with Crippen LogP contribution in [0.4, 0.5) is 4.39 Å². The first-order valence-electron chi connectivity index (χ1n) is 13.4. The molecule has 2 saturated heterocycles. The second kappa shape index (κ2) is 12.0. The fourth-order valence-electron chi connectivity index (χ4n) is 5.26. The Balaban J connectivity index is 1.30. The number of nitrogens with zero attached hydrogens (tertiary/aromatic N) is 4. The number of benzene rings is 2. The molecule has 0 unspecified atom stereocenters. The number of carbonyl (C=O) groups is 4. The maximum absolute atomic E-state index is 14.7. The van der Waals surface area contributed by atoms with Gasteiger partial charge in [0.1, 0.15) is 5.82 Å². The Kier molecular flexibility index (Phi) is 8.22. The topological polar surface area (TPSA) is 104 Å². The highest BCUT2D eigenvalue weighted by atomic mass is 19.1. The lowest BCUT2D eigenvalue weighted by atomic mass is 10.1. The molecule has 210 valence electrons. The van der Waals surface area contributed by atoms with Gasteiger partial charge in [-0.2, -0.15) is 0 Å². The van der Waals surface area contributed by atoms with Crippen LogP contribution in [-0.4, -0.2) is 108 Å². The molecule has 2 aliphatic heterocycles. The number of hydrogen-bond donors (Lipinski definition) is 1. The molecule has 1 atom stereocenters. The van der Waals surface area contributed by atoms with Crippen LogP contribution in [0.3, 0.4) is 0 Å². The summed E-state index contributed by atoms with van der Waals surface area (Å²) in [5, 5.41) is 2.92. The molecule has 40 heavy (non-hydrogen) atoms. The van der Waals surface area contributed by atoms with Crippen LogP contribution in [0.2, 0.25) is 0 Å². The van der Waals surface area contributed by atoms with Gasteiger partial charge in [-0.1, -0.05) is 18.2 Å². The van der Waals surface area contributed by atoms with Gasteiger partial charge in [-0.05, 0) is 37.3 Å². The van der Waals surface area contributed by atoms with Crippen molar-refractivity contribution in [3.05, 3.63) is 71.7 Å². The first-order chi connectivity index (χ1) is 19.3. The van der Waals surface area contributed by atoms with E-state index in [2.05, 4.69) is 10.2 Å². The first-order valence-corrected chi connectivity index (χ1v) is 13.4. The van der Waals surface area contributed by atoms with Gasteiger partial charge in [-0.25, -0.2) is 4.39 Å². The number of nitrogens with one attached hydrogen (secondary N) is 1. The zero-order valence-corrected chi connectivity index (χ0v) is 22.3. The molecular formula is C29H32FN5O5. The molecule has 0 spiro atoms. The Labute approximate surface area is 231 Å². The van der Waals surface area contributed by atoms with E-state index < -0.39 is 29.6 Å². The van der Waals surface area contributed by atoms with Gasteiger partial charge >= 0.3 is 11.8 Å². The molecule has 5 rings (SSSR count). The van der Waals surface area contributed by atoms with Crippen molar-refractivity contribution < 1.29 is 28.3 Å². The van der Waals surface area contributed by atoms with Crippen LogP contribution >= 0.6 is 0 Å². The number of aromatic nitrogens is 1. The number of morpholine rings is 1. The molecule has 10 nitrogen and oxygen atoms in total. The summed E-state index contributed by atoms with van der Waals surface area (Å²) in [6.45, 7) is 6.35. The Bertz CT molecular complexity index is 1420. The number of amides is 3. The van der Waals surface area contributed by atoms with Gasteiger partial charge in [0.25, 0.3) is 11.8 Å². The maximum atomic E-state index is 14.7. The Morgan fingerprint density at radius 2 is 1.70 bits per heavy atom. The van der Waals surface area contributed by atoms with Gasteiger partial charge in [-0.3, -0.25) is 28.6 Å². The van der Waals surface area contributed by atoms with E-state index in [0.717, 1.165) is 17.7 Å². The molecule has 0 saturated carbocycles. The highest BCUT2D eigenvalue weighted by Crippen LogP contribution is 2.24. The molecule has 2 aliphatic rings. The van der Waals surface area contributed by atoms with E-state index in [4.69, 9.17) is 4.74 Å². The summed E-state index contributed by atoms with van der Waals surface area (Å²) < 4.78 is 21.1. The van der Waals surface area contributed by atoms with Crippen molar-refractivity contribution in [2.24, 2.45) is 0 Å². The summed E-state index contributed by atoms with van der Waals surface area (Å²) in [6, 6.07) is 12.4. The summed E-state index contributed by atoms with van der Waals surface area (Å²) in [7, 11) is 0. The highest BCUT2D eigenvalue weighted by Gasteiger charge is 2.34. The van der Waals surface area contributed by atoms with Gasteiger partial charge in [0, 0.05) is 69.0 Å². The molecule has 2 fully saturated rings. The van der Waals surface area contributed by atoms with Gasteiger partial charge in [-0.15, -0.1) is 0 Å². The van der Waals surface area contributed by atoms with E-state index in [9.17, 15) is 23.6 Å². The van der Waals surface area contributed by atoms with Gasteiger partial charge in [0.2, 0.25) is 0 Å². The number of rotatable bonds is 5. The number of piperazine rings is 1. The van der Waals surface area contributed by atoms with Crippen molar-refractivity contribution in [3.63, 3.8) is 0 Å². The first kappa shape index (κ1) is 27.5. The van der Waals surface area contributed by atoms with E-state index in [1.54, 1.807) is 36.1 Å². The van der Waals surface area contributed by atoms with Crippen molar-refractivity contribution in [2.45, 2.75) is 13.0 Å². The van der Waals surface area contributed by atoms with E-state index in [1.165, 1.54) is 29.3 Å². The van der Waals surface area contributed by atoms with Crippen molar-refractivity contribution in [1.82, 2.24) is 24.6 Å². The number of ether oxygens (including phenoxy) is 1. The minimum Gasteiger partial charge on any atom is -0.379 e. The van der Waals surface area contributed by atoms with Crippen molar-refractivity contribution in [1.29, 1.82) is 0 Å². The van der Waals surface area contributed by atoms with Crippen LogP contribution in [0.5, 0.6) is 0 Å². The number of fused-ring (bicyclic) bond motifs is 1. The molecular weight excluding hydrogens is 517 g/mol. The minimum atomic E-state index is -0.891. The molecule has 11 heteroatoms. The molecule has 0 bridgehead atoms. The smallest absolute Gasteiger partial charge is 0.320 e. The molecule has 1 N–H and O–H groups in total. The lowest BCUT2D eigenvalue weighted by Gasteiger charge is -2.39. The number of hydrogen-bond acceptors (Lipinski definition) is 6. The quantitative estimate of drug-likeness (QED) is 0.488. The SMILES string of the molecule is C[C@@H]1CN(C(=O)c2ccccc2)CCN1C(=O)C(=O)n1ccc2c(F)ccc(C(=O)NCCN3CCOCC3)c21. The van der Waals surface area contributed by atoms with Crippen LogP contribution in [0.1, 0.15) is 32.4 Å². The second-order valence-corrected chi connectivity index (χ2v) is 10.0. The minimum absolute atomic E-state index is 0.0489. The predicted molar refractivity (Wildman–Crippen MR) is 146 cm³/mol. The molecule has 0 aliphatic carbocycles. The van der Waals surface area contributed by atoms with Crippen LogP contribution in [-0.2, 0) is 9.53 Å². The zero-order chi connectivity index (χ0) is 28.2. The van der Waals surface area contributed by atoms with Gasteiger partial charge < -0.3 is 19.9 Å². The van der Waals surface area contributed by atoms with Crippen molar-refractivity contribution in [2.75, 3.05) is 59.0 Å². The monoisotopic (exact) mass is 549 g/mol. The van der Waals surface area contributed by atoms with Crippen LogP contribution in [0.25, 0.3) is 10.9 Å². The highest BCUT2D eigenvalue weighted by molar-refractivity contribution is 6.37. The average molecular weight is 550 g/mol. The fourth-order valence-corrected chi connectivity index (χ4v) is 5.26. The standard InChI is InChI=1S/C29H32FN5O5/c1-20-19-33(27(37)21-5-3-2-4-6-21)13-14-34(20)28(38)29(39)35-11-9-22-24(30)8-7-23(25(22)35)26(36)31-10-12-32-15-17-40-18-16-32/h2-9,11,20H,10,12-19H2,1H3,(H,31,36)/t20-/m1/s1. The molecule has 1 aromatic heterocycles. The fraction of sp³-hybridized carbons (Fsp3) is 0.379. The van der Waals surface area contributed by atoms with Crippen molar-refractivity contribution >= 4 is 34.5 Å². The largest absolute Gasteiger partial charge is 0.379 e. The summed E-state index contributed by atoms with van der Waals surface area (Å²) in [5.41, 5.74) is 0.714. The molecule has 3 amide bonds. The normalized spacial score (nSPS) is 18.1. The Morgan fingerprint density at radius 3 is 2.42 bits per heavy atom. The van der Waals surface area contributed by atoms with Gasteiger partial charge in [0.05, 0.1) is 24.3 Å². The average Bonchev–Trinajstić information content (AvgIpc) is 3.43. The van der Waals surface area contributed by atoms with Crippen LogP contribution < -0.4 is 5.32 Å². The third-order valence-corrected chi connectivity index (χ3v) is 7.46. The predicted octanol–water partition coefficient (Wildman–Crippen LogP) is 1.86. The van der Waals surface area contributed by atoms with E-state index >= 15 is 0 Å². The lowest BCUT2D eigenvalue weighted by Crippen LogP contribution is -2.57. The summed E-state index contributed by atoms with van der Waals surface area (Å²) in [5.74, 6) is -2.86. The number of halogens is 1. The summed E-state index contributed by atoms with van der Waals surface area (Å²) >= 11 is 0. The molecule has 2 aromatic carbocycles. The van der Waals surface area contributed by atoms with E-state index in [-0.39, 0.29) is 42.0 Å². The van der Waals surface area contributed by atoms with Crippen molar-refractivity contribution in [3.8, 4) is 0 Å². The third kappa shape index (κ3) is 5.61. The molecule has 0 radical (unpaired) electrons. The molecule has 3 aromatic rings. The second-order valence-electron chi connectivity index (χ2n) is 10.0. The summed E-state index contributed by atoms with van der Waals surface area (Å²) in [6.07, 6.45) is 1.32. The summed E-state index contributed by atoms with van der Waals surface area (Å²) in [4.78, 5) is 58.0. The van der Waals surface area contributed by atoms with E-state index in [1.807, 2.05) is 6.07 Å². The third-order valence-electron chi connectivity index (χ3n) is 7.46. The van der Waals surface area contributed by atoms with Crippen LogP contribution in [0.15, 0.2) is 54.7 Å². The lowest BCUT2D eigenvalue weighted by molar-refractivity contribution is -0.130.